The molecule has 2 aliphatic rings. The molecule has 0 bridgehead atoms. The molecule has 1 aromatic carbocycles. The van der Waals surface area contributed by atoms with Crippen molar-refractivity contribution in [3.63, 3.8) is 0 Å². The Morgan fingerprint density at radius 1 is 0.906 bits per heavy atom. The molecule has 1 heterocycles. The smallest absolute Gasteiger partial charge is 0.175 e. The van der Waals surface area contributed by atoms with E-state index in [1.54, 1.807) is 34.6 Å². The van der Waals surface area contributed by atoms with Gasteiger partial charge in [-0.25, -0.2) is 0 Å². The van der Waals surface area contributed by atoms with Crippen molar-refractivity contribution in [3.8, 4) is 17.2 Å². The molecule has 0 radical (unpaired) electrons. The summed E-state index contributed by atoms with van der Waals surface area (Å²) in [5.74, 6) is 0.453. The van der Waals surface area contributed by atoms with Gasteiger partial charge in [0.2, 0.25) is 0 Å². The maximum absolute atomic E-state index is 13.3. The fourth-order valence-corrected chi connectivity index (χ4v) is 4.32. The Hall–Kier alpha value is -2.34. The average Bonchev–Trinajstić information content (AvgIpc) is 2.69. The minimum Gasteiger partial charge on any atom is -0.507 e. The summed E-state index contributed by atoms with van der Waals surface area (Å²) in [6.07, 6.45) is 0. The van der Waals surface area contributed by atoms with Gasteiger partial charge < -0.3 is 20.1 Å². The van der Waals surface area contributed by atoms with E-state index in [0.717, 1.165) is 13.0 Å². The SMILES string of the molecule is CC(C)C.CO.Cc1c(O)cc(O)c2c1OC1=C(C(=O)C(C)(C)C(=O)C1(C)C)C2C(C)C. The van der Waals surface area contributed by atoms with Gasteiger partial charge in [-0.15, -0.1) is 0 Å². The monoisotopic (exact) mass is 448 g/mol. The number of rotatable bonds is 1. The van der Waals surface area contributed by atoms with Crippen LogP contribution < -0.4 is 4.74 Å². The Balaban J connectivity index is 0.000000769. The highest BCUT2D eigenvalue weighted by Crippen LogP contribution is 2.57. The largest absolute Gasteiger partial charge is 0.507 e. The molecule has 3 rings (SSSR count). The topological polar surface area (TPSA) is 104 Å². The Kier molecular flexibility index (Phi) is 8.35. The number of benzene rings is 1. The zero-order valence-electron chi connectivity index (χ0n) is 21.4. The molecule has 6 nitrogen and oxygen atoms in total. The molecule has 0 spiro atoms. The van der Waals surface area contributed by atoms with Crippen molar-refractivity contribution in [2.45, 2.75) is 75.2 Å². The molecule has 0 fully saturated rings. The van der Waals surface area contributed by atoms with Crippen molar-refractivity contribution in [2.24, 2.45) is 22.7 Å². The van der Waals surface area contributed by atoms with Gasteiger partial charge in [0.25, 0.3) is 0 Å². The maximum Gasteiger partial charge on any atom is 0.175 e. The van der Waals surface area contributed by atoms with Crippen LogP contribution in [0.2, 0.25) is 0 Å². The molecule has 6 heteroatoms. The third-order valence-corrected chi connectivity index (χ3v) is 5.77. The van der Waals surface area contributed by atoms with Crippen LogP contribution in [-0.2, 0) is 9.59 Å². The number of aliphatic hydroxyl groups excluding tert-OH is 1. The molecule has 1 aromatic rings. The first kappa shape index (κ1) is 27.7. The zero-order chi connectivity index (χ0) is 25.3. The standard InChI is InChI=1S/C21H26O5.C4H10.CH4O/c1-9(2)13-14-12(23)8-11(22)10(3)16(14)26-18-15(13)17(24)20(4,5)19(25)21(18,6)7;1-4(2)3;1-2/h8-9,13,22-23H,1-7H3;4H,1-3H3;2H,1H3. The molecule has 1 unspecified atom stereocenters. The Bertz CT molecular complexity index is 916. The number of allylic oxidation sites excluding steroid dienone is 2. The summed E-state index contributed by atoms with van der Waals surface area (Å²) in [5, 5.41) is 27.6. The number of carbonyl (C=O) groups excluding carboxylic acids is 2. The summed E-state index contributed by atoms with van der Waals surface area (Å²) in [5.41, 5.74) is -0.690. The van der Waals surface area contributed by atoms with Gasteiger partial charge in [-0.3, -0.25) is 9.59 Å². The minimum atomic E-state index is -1.15. The second kappa shape index (κ2) is 9.65. The highest BCUT2D eigenvalue weighted by Gasteiger charge is 2.57. The van der Waals surface area contributed by atoms with Gasteiger partial charge in [-0.2, -0.15) is 0 Å². The van der Waals surface area contributed by atoms with Crippen molar-refractivity contribution in [1.29, 1.82) is 0 Å². The summed E-state index contributed by atoms with van der Waals surface area (Å²) in [7, 11) is 1.00. The first-order chi connectivity index (χ1) is 14.6. The van der Waals surface area contributed by atoms with Crippen LogP contribution in [0.5, 0.6) is 17.2 Å². The van der Waals surface area contributed by atoms with E-state index < -0.39 is 16.7 Å². The third-order valence-electron chi connectivity index (χ3n) is 5.77. The van der Waals surface area contributed by atoms with E-state index in [-0.39, 0.29) is 29.0 Å². The molecule has 3 N–H and O–H groups in total. The molecule has 1 aliphatic heterocycles. The Labute approximate surface area is 192 Å². The summed E-state index contributed by atoms with van der Waals surface area (Å²) in [4.78, 5) is 26.3. The van der Waals surface area contributed by atoms with E-state index in [1.807, 2.05) is 13.8 Å². The fraction of sp³-hybridized carbons (Fsp3) is 0.615. The van der Waals surface area contributed by atoms with E-state index in [9.17, 15) is 19.8 Å². The normalized spacial score (nSPS) is 20.5. The van der Waals surface area contributed by atoms with Crippen molar-refractivity contribution >= 4 is 11.6 Å². The lowest BCUT2D eigenvalue weighted by atomic mass is 9.59. The van der Waals surface area contributed by atoms with Crippen LogP contribution >= 0.6 is 0 Å². The second-order valence-corrected chi connectivity index (χ2v) is 10.5. The van der Waals surface area contributed by atoms with Crippen molar-refractivity contribution in [2.75, 3.05) is 7.11 Å². The Morgan fingerprint density at radius 2 is 1.38 bits per heavy atom. The third kappa shape index (κ3) is 4.56. The summed E-state index contributed by atoms with van der Waals surface area (Å²) < 4.78 is 6.08. The molecule has 180 valence electrons. The number of aliphatic hydroxyl groups is 1. The molecule has 32 heavy (non-hydrogen) atoms. The number of ketones is 2. The maximum atomic E-state index is 13.3. The molecule has 0 aromatic heterocycles. The van der Waals surface area contributed by atoms with E-state index in [2.05, 4.69) is 20.8 Å². The fourth-order valence-electron chi connectivity index (χ4n) is 4.32. The van der Waals surface area contributed by atoms with Crippen LogP contribution in [0.1, 0.15) is 79.4 Å². The van der Waals surface area contributed by atoms with Crippen molar-refractivity contribution < 1.29 is 29.6 Å². The van der Waals surface area contributed by atoms with Gasteiger partial charge in [0.1, 0.15) is 23.0 Å². The van der Waals surface area contributed by atoms with Crippen LogP contribution in [0.15, 0.2) is 17.4 Å². The van der Waals surface area contributed by atoms with Crippen LogP contribution in [0.4, 0.5) is 0 Å². The van der Waals surface area contributed by atoms with Crippen molar-refractivity contribution in [3.05, 3.63) is 28.5 Å². The second-order valence-electron chi connectivity index (χ2n) is 10.5. The predicted octanol–water partition coefficient (Wildman–Crippen LogP) is 5.27. The van der Waals surface area contributed by atoms with Crippen LogP contribution in [0, 0.1) is 29.6 Å². The van der Waals surface area contributed by atoms with Gasteiger partial charge in [0, 0.05) is 35.8 Å². The molecule has 0 amide bonds. The molecule has 0 saturated carbocycles. The Morgan fingerprint density at radius 3 is 1.81 bits per heavy atom. The summed E-state index contributed by atoms with van der Waals surface area (Å²) in [6, 6.07) is 1.28. The molecular formula is C26H40O6. The number of ether oxygens (including phenoxy) is 1. The molecule has 1 aliphatic carbocycles. The van der Waals surface area contributed by atoms with E-state index >= 15 is 0 Å². The number of carbonyl (C=O) groups is 2. The van der Waals surface area contributed by atoms with Gasteiger partial charge in [0.05, 0.1) is 10.8 Å². The minimum absolute atomic E-state index is 0.0127. The number of Topliss-reactive ketones (excluding diaryl/α,β-unsaturated/α-hetero) is 2. The lowest BCUT2D eigenvalue weighted by Gasteiger charge is -2.45. The first-order valence-corrected chi connectivity index (χ1v) is 11.1. The zero-order valence-corrected chi connectivity index (χ0v) is 21.4. The van der Waals surface area contributed by atoms with E-state index in [0.29, 0.717) is 28.2 Å². The van der Waals surface area contributed by atoms with Gasteiger partial charge in [-0.05, 0) is 46.5 Å². The van der Waals surface area contributed by atoms with E-state index in [4.69, 9.17) is 9.84 Å². The summed E-state index contributed by atoms with van der Waals surface area (Å²) >= 11 is 0. The molecular weight excluding hydrogens is 408 g/mol. The van der Waals surface area contributed by atoms with Gasteiger partial charge in [-0.1, -0.05) is 34.6 Å². The lowest BCUT2D eigenvalue weighted by molar-refractivity contribution is -0.144. The van der Waals surface area contributed by atoms with Crippen LogP contribution in [-0.4, -0.2) is 34.0 Å². The number of aromatic hydroxyl groups is 2. The van der Waals surface area contributed by atoms with Gasteiger partial charge in [0.15, 0.2) is 11.6 Å². The highest BCUT2D eigenvalue weighted by molar-refractivity contribution is 6.20. The first-order valence-electron chi connectivity index (χ1n) is 11.1. The van der Waals surface area contributed by atoms with Gasteiger partial charge >= 0.3 is 0 Å². The number of phenolic OH excluding ortho intramolecular Hbond substituents is 2. The lowest BCUT2D eigenvalue weighted by Crippen LogP contribution is -2.52. The van der Waals surface area contributed by atoms with E-state index in [1.165, 1.54) is 6.07 Å². The molecule has 0 saturated heterocycles. The van der Waals surface area contributed by atoms with Crippen molar-refractivity contribution in [1.82, 2.24) is 0 Å². The number of hydrogen-bond donors (Lipinski definition) is 3. The number of hydrogen-bond acceptors (Lipinski definition) is 6. The molecule has 1 atom stereocenters. The quantitative estimate of drug-likeness (QED) is 0.506. The number of fused-ring (bicyclic) bond motifs is 1. The predicted molar refractivity (Wildman–Crippen MR) is 126 cm³/mol. The number of phenols is 2. The average molecular weight is 449 g/mol. The van der Waals surface area contributed by atoms with Crippen LogP contribution in [0.3, 0.4) is 0 Å². The highest BCUT2D eigenvalue weighted by atomic mass is 16.5. The summed E-state index contributed by atoms with van der Waals surface area (Å²) in [6.45, 7) is 19.0. The van der Waals surface area contributed by atoms with Crippen LogP contribution in [0.25, 0.3) is 0 Å².